The summed E-state index contributed by atoms with van der Waals surface area (Å²) >= 11 is 24.5. The van der Waals surface area contributed by atoms with Gasteiger partial charge in [0.1, 0.15) is 12.4 Å². The van der Waals surface area contributed by atoms with Crippen LogP contribution in [-0.2, 0) is 13.2 Å². The van der Waals surface area contributed by atoms with E-state index in [0.717, 1.165) is 11.3 Å². The third-order valence-corrected chi connectivity index (χ3v) is 5.42. The zero-order valence-electron chi connectivity index (χ0n) is 15.2. The molecule has 152 valence electrons. The Morgan fingerprint density at radius 3 is 2.38 bits per heavy atom. The number of hydrogen-bond acceptors (Lipinski definition) is 3. The summed E-state index contributed by atoms with van der Waals surface area (Å²) in [5, 5.41) is 5.00. The lowest BCUT2D eigenvalue weighted by Crippen LogP contribution is -2.04. The number of nitrogens with one attached hydrogen (secondary N) is 1. The highest BCUT2D eigenvalue weighted by Gasteiger charge is 2.14. The molecule has 0 aliphatic carbocycles. The van der Waals surface area contributed by atoms with E-state index in [1.165, 1.54) is 19.2 Å². The molecule has 0 unspecified atom stereocenters. The number of benzene rings is 3. The molecule has 0 aliphatic heterocycles. The van der Waals surface area contributed by atoms with Gasteiger partial charge in [-0.3, -0.25) is 0 Å². The van der Waals surface area contributed by atoms with Crippen molar-refractivity contribution >= 4 is 52.1 Å². The molecule has 0 fully saturated rings. The first-order valence-corrected chi connectivity index (χ1v) is 10.0. The molecule has 3 aromatic carbocycles. The van der Waals surface area contributed by atoms with E-state index in [4.69, 9.17) is 55.9 Å². The Morgan fingerprint density at radius 1 is 0.897 bits per heavy atom. The molecule has 0 saturated heterocycles. The van der Waals surface area contributed by atoms with Crippen LogP contribution in [0.2, 0.25) is 20.1 Å². The number of halogens is 5. The molecule has 3 rings (SSSR count). The molecule has 0 atom stereocenters. The van der Waals surface area contributed by atoms with Gasteiger partial charge in [-0.25, -0.2) is 4.39 Å². The van der Waals surface area contributed by atoms with Crippen molar-refractivity contribution in [1.29, 1.82) is 0 Å². The molecular formula is C21H16Cl4FNO2. The van der Waals surface area contributed by atoms with E-state index < -0.39 is 5.82 Å². The topological polar surface area (TPSA) is 30.5 Å². The average Bonchev–Trinajstić information content (AvgIpc) is 2.68. The quantitative estimate of drug-likeness (QED) is 0.381. The number of hydrogen-bond donors (Lipinski definition) is 1. The zero-order valence-corrected chi connectivity index (χ0v) is 18.3. The van der Waals surface area contributed by atoms with Crippen molar-refractivity contribution in [2.24, 2.45) is 0 Å². The Labute approximate surface area is 188 Å². The third-order valence-electron chi connectivity index (χ3n) is 4.17. The summed E-state index contributed by atoms with van der Waals surface area (Å²) in [5.74, 6) is 0.397. The van der Waals surface area contributed by atoms with Crippen LogP contribution >= 0.6 is 46.4 Å². The Bertz CT molecular complexity index is 1010. The van der Waals surface area contributed by atoms with Crippen LogP contribution in [0, 0.1) is 5.82 Å². The van der Waals surface area contributed by atoms with Gasteiger partial charge in [-0.2, -0.15) is 0 Å². The molecule has 0 bridgehead atoms. The Balaban J connectivity index is 1.76. The minimum absolute atomic E-state index is 0.0594. The molecule has 0 saturated carbocycles. The lowest BCUT2D eigenvalue weighted by atomic mass is 10.2. The van der Waals surface area contributed by atoms with Crippen LogP contribution in [0.5, 0.6) is 11.5 Å². The van der Waals surface area contributed by atoms with Crippen molar-refractivity contribution in [3.8, 4) is 11.5 Å². The largest absolute Gasteiger partial charge is 0.493 e. The van der Waals surface area contributed by atoms with Crippen LogP contribution in [0.15, 0.2) is 48.5 Å². The van der Waals surface area contributed by atoms with Crippen LogP contribution in [0.3, 0.4) is 0 Å². The van der Waals surface area contributed by atoms with Gasteiger partial charge in [0.25, 0.3) is 0 Å². The molecule has 0 spiro atoms. The maximum Gasteiger partial charge on any atom is 0.163 e. The monoisotopic (exact) mass is 473 g/mol. The first-order chi connectivity index (χ1) is 13.9. The summed E-state index contributed by atoms with van der Waals surface area (Å²) < 4.78 is 25.1. The highest BCUT2D eigenvalue weighted by molar-refractivity contribution is 6.36. The van der Waals surface area contributed by atoms with Crippen molar-refractivity contribution < 1.29 is 13.9 Å². The van der Waals surface area contributed by atoms with E-state index in [1.807, 2.05) is 0 Å². The van der Waals surface area contributed by atoms with Crippen LogP contribution in [0.4, 0.5) is 10.1 Å². The van der Waals surface area contributed by atoms with Crippen LogP contribution < -0.4 is 14.8 Å². The molecule has 0 aliphatic rings. The van der Waals surface area contributed by atoms with Gasteiger partial charge in [-0.1, -0.05) is 52.5 Å². The highest BCUT2D eigenvalue weighted by Crippen LogP contribution is 2.35. The van der Waals surface area contributed by atoms with Crippen molar-refractivity contribution in [3.05, 3.63) is 85.6 Å². The van der Waals surface area contributed by atoms with Gasteiger partial charge in [-0.05, 0) is 42.0 Å². The second-order valence-electron chi connectivity index (χ2n) is 6.06. The molecule has 3 aromatic rings. The second kappa shape index (κ2) is 9.77. The second-order valence-corrected chi connectivity index (χ2v) is 7.72. The van der Waals surface area contributed by atoms with Crippen molar-refractivity contribution in [1.82, 2.24) is 0 Å². The SMILES string of the molecule is COc1cc(CNc2ccc(Cl)cc2Cl)c(Cl)cc1OCc1c(F)cccc1Cl. The van der Waals surface area contributed by atoms with Gasteiger partial charge < -0.3 is 14.8 Å². The van der Waals surface area contributed by atoms with Gasteiger partial charge in [0, 0.05) is 28.2 Å². The van der Waals surface area contributed by atoms with Gasteiger partial charge in [0.15, 0.2) is 11.5 Å². The number of methoxy groups -OCH3 is 1. The molecule has 3 nitrogen and oxygen atoms in total. The van der Waals surface area contributed by atoms with Gasteiger partial charge in [-0.15, -0.1) is 0 Å². The lowest BCUT2D eigenvalue weighted by Gasteiger charge is -2.16. The van der Waals surface area contributed by atoms with Gasteiger partial charge >= 0.3 is 0 Å². The van der Waals surface area contributed by atoms with Crippen molar-refractivity contribution in [2.45, 2.75) is 13.2 Å². The third kappa shape index (κ3) is 5.40. The number of anilines is 1. The van der Waals surface area contributed by atoms with Gasteiger partial charge in [0.2, 0.25) is 0 Å². The summed E-state index contributed by atoms with van der Waals surface area (Å²) in [6.45, 7) is 0.339. The molecular weight excluding hydrogens is 459 g/mol. The Morgan fingerprint density at radius 2 is 1.69 bits per heavy atom. The minimum atomic E-state index is -0.441. The molecule has 0 aromatic heterocycles. The summed E-state index contributed by atoms with van der Waals surface area (Å²) in [4.78, 5) is 0. The van der Waals surface area contributed by atoms with Crippen molar-refractivity contribution in [2.75, 3.05) is 12.4 Å². The fraction of sp³-hybridized carbons (Fsp3) is 0.143. The fourth-order valence-electron chi connectivity index (χ4n) is 2.63. The maximum atomic E-state index is 13.9. The first-order valence-electron chi connectivity index (χ1n) is 8.50. The molecule has 0 amide bonds. The predicted octanol–water partition coefficient (Wildman–Crippen LogP) is 7.64. The average molecular weight is 475 g/mol. The Hall–Kier alpha value is -1.85. The standard InChI is InChI=1S/C21H16Cl4FNO2/c1-28-20-7-12(10-27-19-6-5-13(22)8-17(19)25)16(24)9-21(20)29-11-14-15(23)3-2-4-18(14)26/h2-9,27H,10-11H2,1H3. The van der Waals surface area contributed by atoms with E-state index in [2.05, 4.69) is 5.32 Å². The zero-order chi connectivity index (χ0) is 21.0. The molecule has 29 heavy (non-hydrogen) atoms. The molecule has 0 radical (unpaired) electrons. The van der Waals surface area contributed by atoms with Crippen LogP contribution in [0.25, 0.3) is 0 Å². The van der Waals surface area contributed by atoms with Crippen LogP contribution in [-0.4, -0.2) is 7.11 Å². The first kappa shape index (κ1) is 21.8. The van der Waals surface area contributed by atoms with E-state index in [0.29, 0.717) is 33.1 Å². The lowest BCUT2D eigenvalue weighted by molar-refractivity contribution is 0.279. The predicted molar refractivity (Wildman–Crippen MR) is 118 cm³/mol. The normalized spacial score (nSPS) is 10.7. The maximum absolute atomic E-state index is 13.9. The molecule has 0 heterocycles. The fourth-order valence-corrected chi connectivity index (χ4v) is 3.54. The van der Waals surface area contributed by atoms with Gasteiger partial charge in [0.05, 0.1) is 22.8 Å². The summed E-state index contributed by atoms with van der Waals surface area (Å²) in [5.41, 5.74) is 1.75. The summed E-state index contributed by atoms with van der Waals surface area (Å²) in [6.07, 6.45) is 0. The smallest absolute Gasteiger partial charge is 0.163 e. The van der Waals surface area contributed by atoms with E-state index in [1.54, 1.807) is 36.4 Å². The van der Waals surface area contributed by atoms with Crippen molar-refractivity contribution in [3.63, 3.8) is 0 Å². The summed E-state index contributed by atoms with van der Waals surface area (Å²) in [7, 11) is 1.51. The highest BCUT2D eigenvalue weighted by atomic mass is 35.5. The molecule has 1 N–H and O–H groups in total. The van der Waals surface area contributed by atoms with Crippen LogP contribution in [0.1, 0.15) is 11.1 Å². The minimum Gasteiger partial charge on any atom is -0.493 e. The Kier molecular flexibility index (Phi) is 7.36. The van der Waals surface area contributed by atoms with E-state index in [9.17, 15) is 4.39 Å². The van der Waals surface area contributed by atoms with E-state index >= 15 is 0 Å². The molecule has 8 heteroatoms. The van der Waals surface area contributed by atoms with E-state index in [-0.39, 0.29) is 17.2 Å². The number of ether oxygens (including phenoxy) is 2. The summed E-state index contributed by atoms with van der Waals surface area (Å²) in [6, 6.07) is 13.0. The number of rotatable bonds is 7.